The van der Waals surface area contributed by atoms with E-state index in [0.29, 0.717) is 17.8 Å². The van der Waals surface area contributed by atoms with Crippen LogP contribution < -0.4 is 0 Å². The second-order valence-electron chi connectivity index (χ2n) is 6.67. The molecule has 0 fully saturated rings. The minimum absolute atomic E-state index is 0.182. The number of carbonyl (C=O) groups is 2. The second kappa shape index (κ2) is 8.40. The van der Waals surface area contributed by atoms with Crippen LogP contribution in [0.4, 0.5) is 0 Å². The number of hydrogen-bond donors (Lipinski definition) is 0. The maximum Gasteiger partial charge on any atom is 0.343 e. The largest absolute Gasteiger partial charge is 0.451 e. The molecule has 0 saturated carbocycles. The van der Waals surface area contributed by atoms with Crippen molar-refractivity contribution in [3.63, 3.8) is 0 Å². The molecule has 0 N–H and O–H groups in total. The molecule has 6 heteroatoms. The van der Waals surface area contributed by atoms with E-state index < -0.39 is 12.1 Å². The zero-order chi connectivity index (χ0) is 20.3. The van der Waals surface area contributed by atoms with Crippen LogP contribution in [-0.2, 0) is 11.3 Å². The highest BCUT2D eigenvalue weighted by molar-refractivity contribution is 6.32. The number of esters is 1. The summed E-state index contributed by atoms with van der Waals surface area (Å²) in [6.07, 6.45) is -0.928. The van der Waals surface area contributed by atoms with Crippen LogP contribution >= 0.6 is 11.6 Å². The fraction of sp³-hybridized carbons (Fsp3) is 0.227. The third-order valence-corrected chi connectivity index (χ3v) is 4.82. The normalized spacial score (nSPS) is 11.9. The lowest BCUT2D eigenvalue weighted by atomic mass is 10.1. The number of aromatic nitrogens is 2. The molecule has 0 aliphatic rings. The molecular weight excluding hydrogens is 376 g/mol. The molecule has 0 aliphatic heterocycles. The Labute approximate surface area is 168 Å². The van der Waals surface area contributed by atoms with Crippen molar-refractivity contribution < 1.29 is 14.3 Å². The molecule has 0 spiro atoms. The van der Waals surface area contributed by atoms with Gasteiger partial charge < -0.3 is 4.74 Å². The van der Waals surface area contributed by atoms with Crippen molar-refractivity contribution in [3.8, 4) is 0 Å². The van der Waals surface area contributed by atoms with E-state index in [9.17, 15) is 9.59 Å². The quantitative estimate of drug-likeness (QED) is 0.450. The average molecular weight is 397 g/mol. The van der Waals surface area contributed by atoms with E-state index >= 15 is 0 Å². The number of Topliss-reactive ketones (excluding diaryl/α,β-unsaturated/α-hetero) is 1. The molecule has 1 atom stereocenters. The first kappa shape index (κ1) is 19.8. The second-order valence-corrected chi connectivity index (χ2v) is 7.03. The number of benzene rings is 2. The third-order valence-electron chi connectivity index (χ3n) is 4.43. The Morgan fingerprint density at radius 1 is 1.07 bits per heavy atom. The molecule has 0 bridgehead atoms. The van der Waals surface area contributed by atoms with E-state index in [-0.39, 0.29) is 16.5 Å². The van der Waals surface area contributed by atoms with Crippen molar-refractivity contribution in [1.82, 2.24) is 9.78 Å². The molecule has 1 aromatic heterocycles. The highest BCUT2D eigenvalue weighted by Crippen LogP contribution is 2.23. The topological polar surface area (TPSA) is 61.2 Å². The summed E-state index contributed by atoms with van der Waals surface area (Å²) in [6.45, 7) is 5.62. The number of carbonyl (C=O) groups excluding carboxylic acids is 2. The van der Waals surface area contributed by atoms with Gasteiger partial charge in [-0.2, -0.15) is 5.10 Å². The SMILES string of the molecule is Cc1ccc(C(=O)[C@@H](C)OC(=O)c2c(C)nn(Cc3ccccc3)c2Cl)cc1. The molecule has 28 heavy (non-hydrogen) atoms. The van der Waals surface area contributed by atoms with Gasteiger partial charge in [0.05, 0.1) is 12.2 Å². The summed E-state index contributed by atoms with van der Waals surface area (Å²) in [5, 5.41) is 4.54. The van der Waals surface area contributed by atoms with Gasteiger partial charge in [0.25, 0.3) is 0 Å². The Balaban J connectivity index is 1.75. The van der Waals surface area contributed by atoms with Crippen LogP contribution in [-0.4, -0.2) is 27.6 Å². The van der Waals surface area contributed by atoms with Gasteiger partial charge in [-0.15, -0.1) is 0 Å². The summed E-state index contributed by atoms with van der Waals surface area (Å²) in [7, 11) is 0. The monoisotopic (exact) mass is 396 g/mol. The molecule has 0 aliphatic carbocycles. The van der Waals surface area contributed by atoms with Crippen LogP contribution in [0, 0.1) is 13.8 Å². The average Bonchev–Trinajstić information content (AvgIpc) is 2.95. The molecular formula is C22H21ClN2O3. The van der Waals surface area contributed by atoms with Gasteiger partial charge in [0, 0.05) is 5.56 Å². The molecule has 0 unspecified atom stereocenters. The first-order valence-electron chi connectivity index (χ1n) is 8.95. The molecule has 2 aromatic carbocycles. The van der Waals surface area contributed by atoms with Gasteiger partial charge in [0.1, 0.15) is 10.7 Å². The van der Waals surface area contributed by atoms with Crippen molar-refractivity contribution in [3.05, 3.63) is 87.7 Å². The van der Waals surface area contributed by atoms with Crippen molar-refractivity contribution >= 4 is 23.4 Å². The first-order chi connectivity index (χ1) is 13.4. The van der Waals surface area contributed by atoms with E-state index in [0.717, 1.165) is 11.1 Å². The van der Waals surface area contributed by atoms with E-state index in [1.807, 2.05) is 49.4 Å². The van der Waals surface area contributed by atoms with Gasteiger partial charge in [-0.3, -0.25) is 4.79 Å². The number of rotatable bonds is 6. The minimum atomic E-state index is -0.928. The molecule has 3 rings (SSSR count). The van der Waals surface area contributed by atoms with Crippen LogP contribution in [0.2, 0.25) is 5.15 Å². The minimum Gasteiger partial charge on any atom is -0.451 e. The standard InChI is InChI=1S/C22H21ClN2O3/c1-14-9-11-18(12-10-14)20(26)16(3)28-22(27)19-15(2)24-25(21(19)23)13-17-7-5-4-6-8-17/h4-12,16H,13H2,1-3H3/t16-/m1/s1. The van der Waals surface area contributed by atoms with Crippen molar-refractivity contribution in [2.45, 2.75) is 33.4 Å². The van der Waals surface area contributed by atoms with E-state index in [2.05, 4.69) is 5.10 Å². The Morgan fingerprint density at radius 3 is 2.36 bits per heavy atom. The fourth-order valence-electron chi connectivity index (χ4n) is 2.87. The summed E-state index contributed by atoms with van der Waals surface area (Å²) < 4.78 is 6.93. The molecule has 0 amide bonds. The number of halogens is 1. The highest BCUT2D eigenvalue weighted by atomic mass is 35.5. The smallest absolute Gasteiger partial charge is 0.343 e. The van der Waals surface area contributed by atoms with Crippen LogP contribution in [0.25, 0.3) is 0 Å². The van der Waals surface area contributed by atoms with Crippen LogP contribution in [0.15, 0.2) is 54.6 Å². The maximum atomic E-state index is 12.6. The molecule has 0 radical (unpaired) electrons. The first-order valence-corrected chi connectivity index (χ1v) is 9.33. The Kier molecular flexibility index (Phi) is 5.95. The van der Waals surface area contributed by atoms with Gasteiger partial charge >= 0.3 is 5.97 Å². The summed E-state index contributed by atoms with van der Waals surface area (Å²) in [4.78, 5) is 25.1. The lowest BCUT2D eigenvalue weighted by molar-refractivity contribution is 0.0318. The Bertz CT molecular complexity index is 995. The lowest BCUT2D eigenvalue weighted by Crippen LogP contribution is -2.24. The van der Waals surface area contributed by atoms with E-state index in [1.165, 1.54) is 0 Å². The lowest BCUT2D eigenvalue weighted by Gasteiger charge is -2.12. The Hall–Kier alpha value is -2.92. The van der Waals surface area contributed by atoms with Gasteiger partial charge in [-0.1, -0.05) is 71.8 Å². The molecule has 1 heterocycles. The van der Waals surface area contributed by atoms with Crippen LogP contribution in [0.3, 0.4) is 0 Å². The van der Waals surface area contributed by atoms with Crippen molar-refractivity contribution in [2.24, 2.45) is 0 Å². The van der Waals surface area contributed by atoms with E-state index in [1.54, 1.807) is 30.7 Å². The molecule has 144 valence electrons. The zero-order valence-electron chi connectivity index (χ0n) is 16.0. The van der Waals surface area contributed by atoms with Gasteiger partial charge in [-0.25, -0.2) is 9.48 Å². The van der Waals surface area contributed by atoms with E-state index in [4.69, 9.17) is 16.3 Å². The highest BCUT2D eigenvalue weighted by Gasteiger charge is 2.26. The summed E-state index contributed by atoms with van der Waals surface area (Å²) in [5.74, 6) is -0.923. The molecule has 5 nitrogen and oxygen atoms in total. The predicted octanol–water partition coefficient (Wildman–Crippen LogP) is 4.63. The zero-order valence-corrected chi connectivity index (χ0v) is 16.7. The number of ether oxygens (including phenoxy) is 1. The number of nitrogens with zero attached hydrogens (tertiary/aromatic N) is 2. The fourth-order valence-corrected chi connectivity index (χ4v) is 3.18. The number of ketones is 1. The predicted molar refractivity (Wildman–Crippen MR) is 108 cm³/mol. The van der Waals surface area contributed by atoms with Crippen LogP contribution in [0.5, 0.6) is 0 Å². The maximum absolute atomic E-state index is 12.6. The van der Waals surface area contributed by atoms with Crippen molar-refractivity contribution in [2.75, 3.05) is 0 Å². The summed E-state index contributed by atoms with van der Waals surface area (Å²) >= 11 is 6.39. The molecule has 3 aromatic rings. The van der Waals surface area contributed by atoms with Crippen LogP contribution in [0.1, 0.15) is 44.5 Å². The Morgan fingerprint density at radius 2 is 1.71 bits per heavy atom. The summed E-state index contributed by atoms with van der Waals surface area (Å²) in [5.41, 5.74) is 3.19. The van der Waals surface area contributed by atoms with Gasteiger partial charge in [-0.05, 0) is 26.3 Å². The summed E-state index contributed by atoms with van der Waals surface area (Å²) in [6, 6.07) is 16.8. The van der Waals surface area contributed by atoms with Gasteiger partial charge in [0.15, 0.2) is 6.10 Å². The molecule has 0 saturated heterocycles. The van der Waals surface area contributed by atoms with Crippen molar-refractivity contribution in [1.29, 1.82) is 0 Å². The number of aryl methyl sites for hydroxylation is 2. The third kappa shape index (κ3) is 4.31. The van der Waals surface area contributed by atoms with Gasteiger partial charge in [0.2, 0.25) is 5.78 Å². The number of hydrogen-bond acceptors (Lipinski definition) is 4.